The topological polar surface area (TPSA) is 53.0 Å². The van der Waals surface area contributed by atoms with Crippen LogP contribution in [-0.2, 0) is 5.41 Å². The number of rotatable bonds is 1. The second-order valence-corrected chi connectivity index (χ2v) is 5.68. The summed E-state index contributed by atoms with van der Waals surface area (Å²) in [5.74, 6) is 0.399. The van der Waals surface area contributed by atoms with Gasteiger partial charge in [0.1, 0.15) is 5.75 Å². The maximum absolute atomic E-state index is 10.7. The van der Waals surface area contributed by atoms with E-state index in [0.717, 1.165) is 18.7 Å². The van der Waals surface area contributed by atoms with Crippen LogP contribution in [0, 0.1) is 0 Å². The average molecular weight is 262 g/mol. The van der Waals surface area contributed by atoms with Gasteiger partial charge >= 0.3 is 6.16 Å². The second-order valence-electron chi connectivity index (χ2n) is 5.68. The average Bonchev–Trinajstić information content (AvgIpc) is 2.75. The van der Waals surface area contributed by atoms with Crippen LogP contribution in [-0.4, -0.2) is 43.0 Å². The predicted octanol–water partition coefficient (Wildman–Crippen LogP) is 2.11. The molecular formula is C14H18N2O3. The van der Waals surface area contributed by atoms with Crippen molar-refractivity contribution in [2.75, 3.05) is 25.5 Å². The Bertz CT molecular complexity index is 545. The third-order valence-electron chi connectivity index (χ3n) is 4.51. The van der Waals surface area contributed by atoms with E-state index in [2.05, 4.69) is 30.8 Å². The molecule has 0 bridgehead atoms. The third-order valence-corrected chi connectivity index (χ3v) is 4.51. The van der Waals surface area contributed by atoms with Crippen molar-refractivity contribution in [2.24, 2.45) is 0 Å². The van der Waals surface area contributed by atoms with Crippen molar-refractivity contribution in [3.63, 3.8) is 0 Å². The first kappa shape index (κ1) is 12.3. The summed E-state index contributed by atoms with van der Waals surface area (Å²) >= 11 is 0. The molecule has 2 aliphatic heterocycles. The first-order chi connectivity index (χ1) is 8.93. The molecule has 2 unspecified atom stereocenters. The van der Waals surface area contributed by atoms with Gasteiger partial charge in [0.2, 0.25) is 0 Å². The number of hydrogen-bond donors (Lipinski definition) is 1. The Balaban J connectivity index is 2.06. The lowest BCUT2D eigenvalue weighted by atomic mass is 9.81. The van der Waals surface area contributed by atoms with Gasteiger partial charge in [0.25, 0.3) is 0 Å². The Hall–Kier alpha value is -1.75. The van der Waals surface area contributed by atoms with Crippen molar-refractivity contribution >= 4 is 11.8 Å². The summed E-state index contributed by atoms with van der Waals surface area (Å²) in [5, 5.41) is 8.72. The molecule has 0 amide bonds. The first-order valence-corrected chi connectivity index (χ1v) is 6.42. The van der Waals surface area contributed by atoms with Crippen LogP contribution < -0.4 is 9.64 Å². The van der Waals surface area contributed by atoms with Crippen molar-refractivity contribution in [1.29, 1.82) is 0 Å². The number of likely N-dealkylation sites (N-methyl/N-ethyl adjacent to an activating group) is 2. The molecule has 19 heavy (non-hydrogen) atoms. The Labute approximate surface area is 112 Å². The SMILES string of the molecule is CN1CCC2(C)c3cc(OC(=O)O)ccc3N(C)C12. The minimum atomic E-state index is -1.27. The third kappa shape index (κ3) is 1.61. The van der Waals surface area contributed by atoms with Crippen molar-refractivity contribution in [1.82, 2.24) is 4.90 Å². The molecule has 5 nitrogen and oxygen atoms in total. The molecule has 5 heteroatoms. The molecule has 2 atom stereocenters. The highest BCUT2D eigenvalue weighted by Gasteiger charge is 2.52. The summed E-state index contributed by atoms with van der Waals surface area (Å²) in [6.07, 6.45) is 0.140. The molecule has 0 aromatic heterocycles. The van der Waals surface area contributed by atoms with E-state index in [1.807, 2.05) is 12.1 Å². The van der Waals surface area contributed by atoms with E-state index >= 15 is 0 Å². The number of fused-ring (bicyclic) bond motifs is 3. The first-order valence-electron chi connectivity index (χ1n) is 6.42. The summed E-state index contributed by atoms with van der Waals surface area (Å²) < 4.78 is 4.78. The highest BCUT2D eigenvalue weighted by molar-refractivity contribution is 5.68. The minimum Gasteiger partial charge on any atom is -0.449 e. The van der Waals surface area contributed by atoms with Gasteiger partial charge in [0, 0.05) is 24.7 Å². The summed E-state index contributed by atoms with van der Waals surface area (Å²) in [6.45, 7) is 3.29. The molecule has 3 rings (SSSR count). The number of anilines is 1. The molecule has 1 aromatic carbocycles. The van der Waals surface area contributed by atoms with Gasteiger partial charge in [-0.3, -0.25) is 4.90 Å². The summed E-state index contributed by atoms with van der Waals surface area (Å²) in [6, 6.07) is 5.54. The minimum absolute atomic E-state index is 0.0384. The maximum atomic E-state index is 10.7. The van der Waals surface area contributed by atoms with Crippen LogP contribution in [0.15, 0.2) is 18.2 Å². The molecule has 2 heterocycles. The molecule has 0 saturated carbocycles. The fraction of sp³-hybridized carbons (Fsp3) is 0.500. The molecule has 1 N–H and O–H groups in total. The molecule has 2 aliphatic rings. The summed E-state index contributed by atoms with van der Waals surface area (Å²) in [7, 11) is 4.22. The number of ether oxygens (including phenoxy) is 1. The zero-order valence-corrected chi connectivity index (χ0v) is 11.4. The van der Waals surface area contributed by atoms with Gasteiger partial charge in [-0.2, -0.15) is 0 Å². The van der Waals surface area contributed by atoms with Crippen LogP contribution in [0.3, 0.4) is 0 Å². The molecule has 1 saturated heterocycles. The largest absolute Gasteiger partial charge is 0.511 e. The number of hydrogen-bond acceptors (Lipinski definition) is 4. The molecular weight excluding hydrogens is 244 g/mol. The normalized spacial score (nSPS) is 29.2. The molecule has 0 spiro atoms. The van der Waals surface area contributed by atoms with Crippen LogP contribution in [0.1, 0.15) is 18.9 Å². The van der Waals surface area contributed by atoms with Crippen LogP contribution >= 0.6 is 0 Å². The van der Waals surface area contributed by atoms with E-state index in [-0.39, 0.29) is 5.41 Å². The van der Waals surface area contributed by atoms with E-state index in [1.165, 1.54) is 5.56 Å². The lowest BCUT2D eigenvalue weighted by molar-refractivity contribution is 0.144. The Morgan fingerprint density at radius 1 is 1.47 bits per heavy atom. The number of likely N-dealkylation sites (tertiary alicyclic amines) is 1. The Morgan fingerprint density at radius 3 is 2.89 bits per heavy atom. The maximum Gasteiger partial charge on any atom is 0.511 e. The van der Waals surface area contributed by atoms with E-state index < -0.39 is 6.16 Å². The van der Waals surface area contributed by atoms with E-state index in [1.54, 1.807) is 6.07 Å². The molecule has 1 fully saturated rings. The van der Waals surface area contributed by atoms with Gasteiger partial charge < -0.3 is 14.7 Å². The number of carboxylic acid groups (broad SMARTS) is 1. The van der Waals surface area contributed by atoms with Gasteiger partial charge in [-0.05, 0) is 37.2 Å². The van der Waals surface area contributed by atoms with Crippen molar-refractivity contribution < 1.29 is 14.6 Å². The van der Waals surface area contributed by atoms with Crippen molar-refractivity contribution in [2.45, 2.75) is 24.9 Å². The van der Waals surface area contributed by atoms with Gasteiger partial charge in [-0.25, -0.2) is 4.79 Å². The summed E-state index contributed by atoms with van der Waals surface area (Å²) in [4.78, 5) is 15.3. The summed E-state index contributed by atoms with van der Waals surface area (Å²) in [5.41, 5.74) is 2.39. The number of nitrogens with zero attached hydrogens (tertiary/aromatic N) is 2. The Morgan fingerprint density at radius 2 is 2.21 bits per heavy atom. The molecule has 0 aliphatic carbocycles. The van der Waals surface area contributed by atoms with E-state index in [0.29, 0.717) is 11.9 Å². The quantitative estimate of drug-likeness (QED) is 0.620. The van der Waals surface area contributed by atoms with Gasteiger partial charge in [0.05, 0.1) is 6.17 Å². The second kappa shape index (κ2) is 3.87. The highest BCUT2D eigenvalue weighted by atomic mass is 16.7. The van der Waals surface area contributed by atoms with Crippen LogP contribution in [0.5, 0.6) is 5.75 Å². The lowest BCUT2D eigenvalue weighted by Crippen LogP contribution is -2.45. The van der Waals surface area contributed by atoms with Crippen LogP contribution in [0.4, 0.5) is 10.5 Å². The van der Waals surface area contributed by atoms with Gasteiger partial charge in [-0.15, -0.1) is 0 Å². The molecule has 0 radical (unpaired) electrons. The molecule has 1 aromatic rings. The monoisotopic (exact) mass is 262 g/mol. The van der Waals surface area contributed by atoms with Crippen LogP contribution in [0.25, 0.3) is 0 Å². The van der Waals surface area contributed by atoms with Crippen LogP contribution in [0.2, 0.25) is 0 Å². The van der Waals surface area contributed by atoms with E-state index in [4.69, 9.17) is 9.84 Å². The smallest absolute Gasteiger partial charge is 0.449 e. The molecule has 102 valence electrons. The van der Waals surface area contributed by atoms with Crippen molar-refractivity contribution in [3.8, 4) is 5.75 Å². The zero-order valence-electron chi connectivity index (χ0n) is 11.4. The highest BCUT2D eigenvalue weighted by Crippen LogP contribution is 2.51. The Kier molecular flexibility index (Phi) is 2.50. The number of carbonyl (C=O) groups is 1. The standard InChI is InChI=1S/C14H18N2O3/c1-14-6-7-15(2)12(14)16(3)11-5-4-9(8-10(11)14)19-13(17)18/h4-5,8,12H,6-7H2,1-3H3,(H,17,18). The van der Waals surface area contributed by atoms with Crippen molar-refractivity contribution in [3.05, 3.63) is 23.8 Å². The lowest BCUT2D eigenvalue weighted by Gasteiger charge is -2.32. The fourth-order valence-corrected chi connectivity index (χ4v) is 3.72. The van der Waals surface area contributed by atoms with E-state index in [9.17, 15) is 4.79 Å². The van der Waals surface area contributed by atoms with Gasteiger partial charge in [0.15, 0.2) is 0 Å². The zero-order chi connectivity index (χ0) is 13.8. The fourth-order valence-electron chi connectivity index (χ4n) is 3.72. The number of benzene rings is 1. The predicted molar refractivity (Wildman–Crippen MR) is 71.9 cm³/mol. The van der Waals surface area contributed by atoms with Gasteiger partial charge in [-0.1, -0.05) is 6.92 Å².